The summed E-state index contributed by atoms with van der Waals surface area (Å²) in [6.07, 6.45) is 2.76. The van der Waals surface area contributed by atoms with Crippen LogP contribution in [0.2, 0.25) is 0 Å². The molecule has 1 rings (SSSR count). The van der Waals surface area contributed by atoms with E-state index in [0.717, 1.165) is 12.8 Å². The lowest BCUT2D eigenvalue weighted by atomic mass is 10.2. The third kappa shape index (κ3) is 3.42. The van der Waals surface area contributed by atoms with E-state index in [1.54, 1.807) is 4.90 Å². The van der Waals surface area contributed by atoms with Crippen molar-refractivity contribution >= 4 is 12.3 Å². The quantitative estimate of drug-likeness (QED) is 0.411. The lowest BCUT2D eigenvalue weighted by Gasteiger charge is -2.26. The smallest absolute Gasteiger partial charge is 0.410 e. The Labute approximate surface area is 89.7 Å². The molecule has 1 aliphatic heterocycles. The van der Waals surface area contributed by atoms with Gasteiger partial charge in [0.15, 0.2) is 0 Å². The molecule has 5 heteroatoms. The van der Waals surface area contributed by atoms with Gasteiger partial charge in [-0.1, -0.05) is 5.16 Å². The highest BCUT2D eigenvalue weighted by Gasteiger charge is 2.31. The van der Waals surface area contributed by atoms with Crippen LogP contribution < -0.4 is 0 Å². The van der Waals surface area contributed by atoms with Gasteiger partial charge in [0.2, 0.25) is 0 Å². The Balaban J connectivity index is 2.59. The van der Waals surface area contributed by atoms with Crippen molar-refractivity contribution in [3.05, 3.63) is 0 Å². The van der Waals surface area contributed by atoms with Gasteiger partial charge in [-0.25, -0.2) is 4.79 Å². The molecule has 1 aliphatic rings. The SMILES string of the molecule is CC(C)(C)OC(=O)N1CCC[C@@H]1/C=N\O. The van der Waals surface area contributed by atoms with Gasteiger partial charge in [-0.2, -0.15) is 0 Å². The van der Waals surface area contributed by atoms with Gasteiger partial charge in [0.1, 0.15) is 5.60 Å². The van der Waals surface area contributed by atoms with E-state index in [4.69, 9.17) is 9.94 Å². The van der Waals surface area contributed by atoms with Crippen molar-refractivity contribution in [1.29, 1.82) is 0 Å². The maximum Gasteiger partial charge on any atom is 0.410 e. The minimum Gasteiger partial charge on any atom is -0.444 e. The zero-order valence-corrected chi connectivity index (χ0v) is 9.43. The Morgan fingerprint density at radius 2 is 2.27 bits per heavy atom. The number of hydrogen-bond acceptors (Lipinski definition) is 4. The summed E-state index contributed by atoms with van der Waals surface area (Å²) in [7, 11) is 0. The van der Waals surface area contributed by atoms with Crippen molar-refractivity contribution in [2.24, 2.45) is 5.16 Å². The molecule has 5 nitrogen and oxygen atoms in total. The second-order valence-electron chi connectivity index (χ2n) is 4.65. The maximum atomic E-state index is 11.7. The van der Waals surface area contributed by atoms with Crippen LogP contribution in [0.25, 0.3) is 0 Å². The first kappa shape index (κ1) is 11.8. The first-order chi connectivity index (χ1) is 6.94. The van der Waals surface area contributed by atoms with Crippen molar-refractivity contribution in [1.82, 2.24) is 4.90 Å². The Kier molecular flexibility index (Phi) is 3.55. The molecule has 1 fully saturated rings. The number of nitrogens with zero attached hydrogens (tertiary/aromatic N) is 2. The molecule has 0 aromatic heterocycles. The average molecular weight is 214 g/mol. The second-order valence-corrected chi connectivity index (χ2v) is 4.65. The summed E-state index contributed by atoms with van der Waals surface area (Å²) in [5.74, 6) is 0. The van der Waals surface area contributed by atoms with E-state index in [-0.39, 0.29) is 12.1 Å². The van der Waals surface area contributed by atoms with Gasteiger partial charge < -0.3 is 14.8 Å². The fourth-order valence-electron chi connectivity index (χ4n) is 1.57. The van der Waals surface area contributed by atoms with Crippen molar-refractivity contribution in [2.45, 2.75) is 45.3 Å². The van der Waals surface area contributed by atoms with Gasteiger partial charge in [-0.05, 0) is 33.6 Å². The molecule has 0 aliphatic carbocycles. The summed E-state index contributed by atoms with van der Waals surface area (Å²) in [6, 6.07) is -0.134. The molecule has 1 N–H and O–H groups in total. The predicted octanol–water partition coefficient (Wildman–Crippen LogP) is 1.85. The van der Waals surface area contributed by atoms with Crippen molar-refractivity contribution in [3.63, 3.8) is 0 Å². The summed E-state index contributed by atoms with van der Waals surface area (Å²) in [5.41, 5.74) is -0.486. The van der Waals surface area contributed by atoms with E-state index in [1.165, 1.54) is 6.21 Å². The molecule has 0 unspecified atom stereocenters. The minimum absolute atomic E-state index is 0.134. The van der Waals surface area contributed by atoms with Crippen molar-refractivity contribution in [2.75, 3.05) is 6.54 Å². The van der Waals surface area contributed by atoms with Crippen LogP contribution in [0.4, 0.5) is 4.79 Å². The maximum absolute atomic E-state index is 11.7. The number of ether oxygens (including phenoxy) is 1. The van der Waals surface area contributed by atoms with E-state index >= 15 is 0 Å². The number of carbonyl (C=O) groups excluding carboxylic acids is 1. The molecule has 1 heterocycles. The summed E-state index contributed by atoms with van der Waals surface area (Å²) in [5, 5.41) is 11.4. The lowest BCUT2D eigenvalue weighted by molar-refractivity contribution is 0.0267. The average Bonchev–Trinajstić information content (AvgIpc) is 2.49. The molecule has 0 bridgehead atoms. The highest BCUT2D eigenvalue weighted by molar-refractivity contribution is 5.76. The molecule has 0 aromatic rings. The Morgan fingerprint density at radius 1 is 1.60 bits per heavy atom. The van der Waals surface area contributed by atoms with Gasteiger partial charge in [-0.15, -0.1) is 0 Å². The fourth-order valence-corrected chi connectivity index (χ4v) is 1.57. The van der Waals surface area contributed by atoms with Crippen LogP contribution in [0.5, 0.6) is 0 Å². The summed E-state index contributed by atoms with van der Waals surface area (Å²) in [6.45, 7) is 6.15. The molecule has 86 valence electrons. The van der Waals surface area contributed by atoms with Crippen molar-refractivity contribution < 1.29 is 14.7 Å². The topological polar surface area (TPSA) is 62.1 Å². The Morgan fingerprint density at radius 3 is 2.80 bits per heavy atom. The Hall–Kier alpha value is -1.26. The monoisotopic (exact) mass is 214 g/mol. The predicted molar refractivity (Wildman–Crippen MR) is 56.2 cm³/mol. The normalized spacial score (nSPS) is 22.3. The molecule has 1 atom stereocenters. The Bertz CT molecular complexity index is 258. The van der Waals surface area contributed by atoms with Crippen LogP contribution in [-0.2, 0) is 4.74 Å². The summed E-state index contributed by atoms with van der Waals surface area (Å²) >= 11 is 0. The van der Waals surface area contributed by atoms with Crippen LogP contribution in [0.15, 0.2) is 5.16 Å². The van der Waals surface area contributed by atoms with Gasteiger partial charge in [0, 0.05) is 6.54 Å². The van der Waals surface area contributed by atoms with E-state index in [1.807, 2.05) is 20.8 Å². The van der Waals surface area contributed by atoms with Crippen molar-refractivity contribution in [3.8, 4) is 0 Å². The standard InChI is InChI=1S/C10H18N2O3/c1-10(2,3)15-9(13)12-6-4-5-8(12)7-11-14/h7-8,14H,4-6H2,1-3H3/b11-7-/t8-/m1/s1. The number of oxime groups is 1. The number of rotatable bonds is 1. The number of amides is 1. The molecular weight excluding hydrogens is 196 g/mol. The summed E-state index contributed by atoms with van der Waals surface area (Å²) < 4.78 is 5.24. The summed E-state index contributed by atoms with van der Waals surface area (Å²) in [4.78, 5) is 13.3. The second kappa shape index (κ2) is 4.51. The third-order valence-electron chi connectivity index (χ3n) is 2.17. The van der Waals surface area contributed by atoms with Crippen LogP contribution in [0.1, 0.15) is 33.6 Å². The number of likely N-dealkylation sites (tertiary alicyclic amines) is 1. The van der Waals surface area contributed by atoms with E-state index in [0.29, 0.717) is 6.54 Å². The first-order valence-electron chi connectivity index (χ1n) is 5.11. The van der Waals surface area contributed by atoms with E-state index < -0.39 is 5.60 Å². The first-order valence-corrected chi connectivity index (χ1v) is 5.11. The lowest BCUT2D eigenvalue weighted by Crippen LogP contribution is -2.40. The molecule has 0 saturated carbocycles. The highest BCUT2D eigenvalue weighted by Crippen LogP contribution is 2.19. The van der Waals surface area contributed by atoms with E-state index in [9.17, 15) is 4.79 Å². The molecule has 0 spiro atoms. The van der Waals surface area contributed by atoms with Gasteiger partial charge in [0.25, 0.3) is 0 Å². The highest BCUT2D eigenvalue weighted by atomic mass is 16.6. The number of carbonyl (C=O) groups is 1. The van der Waals surface area contributed by atoms with Gasteiger partial charge in [-0.3, -0.25) is 0 Å². The van der Waals surface area contributed by atoms with Gasteiger partial charge >= 0.3 is 6.09 Å². The van der Waals surface area contributed by atoms with Crippen LogP contribution in [0.3, 0.4) is 0 Å². The minimum atomic E-state index is -0.486. The third-order valence-corrected chi connectivity index (χ3v) is 2.17. The molecular formula is C10H18N2O3. The number of hydrogen-bond donors (Lipinski definition) is 1. The molecule has 1 saturated heterocycles. The van der Waals surface area contributed by atoms with Gasteiger partial charge in [0.05, 0.1) is 12.3 Å². The zero-order chi connectivity index (χ0) is 11.5. The van der Waals surface area contributed by atoms with Crippen LogP contribution >= 0.6 is 0 Å². The fraction of sp³-hybridized carbons (Fsp3) is 0.800. The zero-order valence-electron chi connectivity index (χ0n) is 9.43. The molecule has 0 aromatic carbocycles. The molecule has 0 radical (unpaired) electrons. The largest absolute Gasteiger partial charge is 0.444 e. The van der Waals surface area contributed by atoms with Crippen LogP contribution in [-0.4, -0.2) is 40.6 Å². The molecule has 1 amide bonds. The van der Waals surface area contributed by atoms with Crippen LogP contribution in [0, 0.1) is 0 Å². The molecule has 15 heavy (non-hydrogen) atoms. The van der Waals surface area contributed by atoms with E-state index in [2.05, 4.69) is 5.16 Å².